The second-order valence-corrected chi connectivity index (χ2v) is 4.84. The third-order valence-corrected chi connectivity index (χ3v) is 3.02. The van der Waals surface area contributed by atoms with Crippen LogP contribution in [0.4, 0.5) is 4.79 Å². The summed E-state index contributed by atoms with van der Waals surface area (Å²) >= 11 is 0. The highest BCUT2D eigenvalue weighted by Crippen LogP contribution is 1.90. The number of imidazole rings is 1. The molecule has 0 amide bonds. The van der Waals surface area contributed by atoms with Crippen molar-refractivity contribution in [3.63, 3.8) is 0 Å². The molecule has 1 aromatic heterocycles. The average molecular weight is 345 g/mol. The van der Waals surface area contributed by atoms with Crippen molar-refractivity contribution >= 4 is 6.16 Å². The Bertz CT molecular complexity index is 438. The lowest BCUT2D eigenvalue weighted by atomic mass is 10.6. The zero-order chi connectivity index (χ0) is 17.5. The topological polar surface area (TPSA) is 72.0 Å². The smallest absolute Gasteiger partial charge is 0.435 e. The molecule has 1 rings (SSSR count). The Balaban J connectivity index is 2.01. The fourth-order valence-electron chi connectivity index (χ4n) is 1.85. The van der Waals surface area contributed by atoms with Crippen LogP contribution in [0.1, 0.15) is 13.8 Å². The standard InChI is InChI=1S/C16H29N2O6/c1-3-20-11-12-22-14-13-21-9-7-17-5-6-18(15-17)8-10-24-16(19)23-4-2/h5-6,15H,3-4,7-14H2,1-2H3/q+1. The van der Waals surface area contributed by atoms with Gasteiger partial charge in [0, 0.05) is 6.61 Å². The molecular weight excluding hydrogens is 316 g/mol. The maximum absolute atomic E-state index is 11.0. The van der Waals surface area contributed by atoms with Gasteiger partial charge in [-0.05, 0) is 13.8 Å². The first-order valence-corrected chi connectivity index (χ1v) is 8.33. The second kappa shape index (κ2) is 13.8. The van der Waals surface area contributed by atoms with E-state index in [9.17, 15) is 4.79 Å². The van der Waals surface area contributed by atoms with E-state index < -0.39 is 6.16 Å². The van der Waals surface area contributed by atoms with Crippen molar-refractivity contribution in [2.24, 2.45) is 0 Å². The zero-order valence-electron chi connectivity index (χ0n) is 14.6. The number of carbonyl (C=O) groups is 1. The Morgan fingerprint density at radius 2 is 1.62 bits per heavy atom. The summed E-state index contributed by atoms with van der Waals surface area (Å²) in [5.41, 5.74) is 0. The molecule has 0 bridgehead atoms. The highest BCUT2D eigenvalue weighted by Gasteiger charge is 2.06. The summed E-state index contributed by atoms with van der Waals surface area (Å²) in [6.45, 7) is 9.34. The van der Waals surface area contributed by atoms with Crippen LogP contribution in [-0.2, 0) is 36.8 Å². The van der Waals surface area contributed by atoms with E-state index in [4.69, 9.17) is 18.9 Å². The highest BCUT2D eigenvalue weighted by atomic mass is 16.7. The van der Waals surface area contributed by atoms with Crippen LogP contribution < -0.4 is 4.57 Å². The van der Waals surface area contributed by atoms with Gasteiger partial charge in [0.25, 0.3) is 0 Å². The molecule has 0 aliphatic heterocycles. The average Bonchev–Trinajstić information content (AvgIpc) is 3.01. The van der Waals surface area contributed by atoms with Crippen molar-refractivity contribution in [2.45, 2.75) is 26.9 Å². The van der Waals surface area contributed by atoms with Crippen molar-refractivity contribution in [2.75, 3.05) is 52.9 Å². The minimum Gasteiger partial charge on any atom is -0.435 e. The van der Waals surface area contributed by atoms with Crippen LogP contribution in [0.2, 0.25) is 0 Å². The SMILES string of the molecule is CCOCCOCCOCC[n+]1ccn(CCOC(=O)OCC)c1. The summed E-state index contributed by atoms with van der Waals surface area (Å²) in [5, 5.41) is 0. The highest BCUT2D eigenvalue weighted by molar-refractivity contribution is 5.59. The van der Waals surface area contributed by atoms with Gasteiger partial charge in [-0.1, -0.05) is 0 Å². The van der Waals surface area contributed by atoms with E-state index in [-0.39, 0.29) is 6.61 Å². The number of rotatable bonds is 14. The Morgan fingerprint density at radius 3 is 2.33 bits per heavy atom. The summed E-state index contributed by atoms with van der Waals surface area (Å²) in [4.78, 5) is 11.0. The van der Waals surface area contributed by atoms with Gasteiger partial charge in [0.15, 0.2) is 0 Å². The maximum Gasteiger partial charge on any atom is 0.508 e. The maximum atomic E-state index is 11.0. The quantitative estimate of drug-likeness (QED) is 0.285. The molecule has 0 aliphatic carbocycles. The van der Waals surface area contributed by atoms with E-state index in [0.717, 1.165) is 6.54 Å². The summed E-state index contributed by atoms with van der Waals surface area (Å²) in [7, 11) is 0. The fraction of sp³-hybridized carbons (Fsp3) is 0.750. The Morgan fingerprint density at radius 1 is 0.917 bits per heavy atom. The van der Waals surface area contributed by atoms with Gasteiger partial charge in [-0.3, -0.25) is 0 Å². The number of aromatic nitrogens is 2. The summed E-state index contributed by atoms with van der Waals surface area (Å²) in [5.74, 6) is 0. The van der Waals surface area contributed by atoms with Crippen molar-refractivity contribution in [1.29, 1.82) is 0 Å². The van der Waals surface area contributed by atoms with Crippen LogP contribution in [0, 0.1) is 0 Å². The van der Waals surface area contributed by atoms with Crippen molar-refractivity contribution in [3.8, 4) is 0 Å². The van der Waals surface area contributed by atoms with Crippen LogP contribution in [0.25, 0.3) is 0 Å². The summed E-state index contributed by atoms with van der Waals surface area (Å²) in [6.07, 6.45) is 5.18. The third kappa shape index (κ3) is 10.2. The van der Waals surface area contributed by atoms with Gasteiger partial charge < -0.3 is 23.7 Å². The third-order valence-electron chi connectivity index (χ3n) is 3.02. The van der Waals surface area contributed by atoms with E-state index in [1.54, 1.807) is 6.92 Å². The van der Waals surface area contributed by atoms with Crippen molar-refractivity contribution < 1.29 is 33.0 Å². The van der Waals surface area contributed by atoms with Crippen LogP contribution in [0.15, 0.2) is 18.7 Å². The van der Waals surface area contributed by atoms with Crippen LogP contribution in [-0.4, -0.2) is 63.6 Å². The van der Waals surface area contributed by atoms with Gasteiger partial charge in [0.2, 0.25) is 6.33 Å². The zero-order valence-corrected chi connectivity index (χ0v) is 14.6. The molecule has 0 saturated carbocycles. The molecule has 0 radical (unpaired) electrons. The second-order valence-electron chi connectivity index (χ2n) is 4.84. The fourth-order valence-corrected chi connectivity index (χ4v) is 1.85. The first-order valence-electron chi connectivity index (χ1n) is 8.33. The molecule has 0 aliphatic rings. The monoisotopic (exact) mass is 345 g/mol. The first kappa shape index (κ1) is 20.4. The van der Waals surface area contributed by atoms with E-state index >= 15 is 0 Å². The van der Waals surface area contributed by atoms with Gasteiger partial charge in [-0.15, -0.1) is 0 Å². The molecule has 0 aromatic carbocycles. The molecule has 1 heterocycles. The van der Waals surface area contributed by atoms with Crippen molar-refractivity contribution in [3.05, 3.63) is 18.7 Å². The number of hydrogen-bond acceptors (Lipinski definition) is 6. The Labute approximate surface area is 143 Å². The molecule has 8 heteroatoms. The molecule has 24 heavy (non-hydrogen) atoms. The summed E-state index contributed by atoms with van der Waals surface area (Å²) < 4.78 is 29.6. The van der Waals surface area contributed by atoms with Crippen LogP contribution in [0.3, 0.4) is 0 Å². The molecule has 0 spiro atoms. The number of hydrogen-bond donors (Lipinski definition) is 0. The molecule has 8 nitrogen and oxygen atoms in total. The minimum atomic E-state index is -0.630. The lowest BCUT2D eigenvalue weighted by Crippen LogP contribution is -2.34. The van der Waals surface area contributed by atoms with E-state index in [1.807, 2.05) is 34.8 Å². The molecule has 0 atom stereocenters. The molecule has 0 saturated heterocycles. The Kier molecular flexibility index (Phi) is 11.7. The molecule has 0 unspecified atom stereocenters. The van der Waals surface area contributed by atoms with E-state index in [2.05, 4.69) is 4.74 Å². The number of carbonyl (C=O) groups excluding carboxylic acids is 1. The van der Waals surface area contributed by atoms with Crippen LogP contribution in [0.5, 0.6) is 0 Å². The molecule has 138 valence electrons. The normalized spacial score (nSPS) is 10.8. The van der Waals surface area contributed by atoms with E-state index in [1.165, 1.54) is 0 Å². The van der Waals surface area contributed by atoms with Gasteiger partial charge in [-0.2, -0.15) is 0 Å². The van der Waals surface area contributed by atoms with Gasteiger partial charge in [-0.25, -0.2) is 13.9 Å². The lowest BCUT2D eigenvalue weighted by molar-refractivity contribution is -0.698. The first-order chi connectivity index (χ1) is 11.8. The number of nitrogens with zero attached hydrogens (tertiary/aromatic N) is 2. The predicted molar refractivity (Wildman–Crippen MR) is 85.7 cm³/mol. The van der Waals surface area contributed by atoms with Gasteiger partial charge >= 0.3 is 6.16 Å². The minimum absolute atomic E-state index is 0.281. The predicted octanol–water partition coefficient (Wildman–Crippen LogP) is 1.02. The largest absolute Gasteiger partial charge is 0.508 e. The molecule has 1 aromatic rings. The van der Waals surface area contributed by atoms with Gasteiger partial charge in [0.05, 0.1) is 39.6 Å². The molecule has 0 fully saturated rings. The molecular formula is C16H29N2O6+. The Hall–Kier alpha value is -1.64. The van der Waals surface area contributed by atoms with Gasteiger partial charge in [0.1, 0.15) is 32.1 Å². The van der Waals surface area contributed by atoms with E-state index in [0.29, 0.717) is 52.8 Å². The van der Waals surface area contributed by atoms with Crippen molar-refractivity contribution in [1.82, 2.24) is 4.57 Å². The van der Waals surface area contributed by atoms with Crippen LogP contribution >= 0.6 is 0 Å². The summed E-state index contributed by atoms with van der Waals surface area (Å²) in [6, 6.07) is 0. The number of ether oxygens (including phenoxy) is 5. The lowest BCUT2D eigenvalue weighted by Gasteiger charge is -2.05. The molecule has 0 N–H and O–H groups in total.